The minimum atomic E-state index is -0.821. The topological polar surface area (TPSA) is 56.3 Å². The van der Waals surface area contributed by atoms with Gasteiger partial charge in [0.05, 0.1) is 5.60 Å². The molecule has 0 saturated carbocycles. The van der Waals surface area contributed by atoms with Crippen LogP contribution in [0.4, 0.5) is 11.4 Å². The minimum absolute atomic E-state index is 0.00159. The van der Waals surface area contributed by atoms with E-state index >= 15 is 0 Å². The molecule has 2 aromatic carbocycles. The van der Waals surface area contributed by atoms with Gasteiger partial charge in [-0.2, -0.15) is 0 Å². The van der Waals surface area contributed by atoms with Crippen LogP contribution in [0.5, 0.6) is 0 Å². The summed E-state index contributed by atoms with van der Waals surface area (Å²) in [6.07, 6.45) is 3.96. The Morgan fingerprint density at radius 1 is 0.971 bits per heavy atom. The molecule has 2 aromatic rings. The number of nitrogens with zero attached hydrogens (tertiary/aromatic N) is 3. The van der Waals surface area contributed by atoms with Crippen molar-refractivity contribution in [3.63, 3.8) is 0 Å². The molecule has 34 heavy (non-hydrogen) atoms. The van der Waals surface area contributed by atoms with E-state index in [9.17, 15) is 9.90 Å². The van der Waals surface area contributed by atoms with Crippen molar-refractivity contribution in [1.82, 2.24) is 4.90 Å². The van der Waals surface area contributed by atoms with Gasteiger partial charge in [-0.1, -0.05) is 30.3 Å². The molecular formula is C28H37N3O3. The summed E-state index contributed by atoms with van der Waals surface area (Å²) in [5.41, 5.74) is 3.60. The van der Waals surface area contributed by atoms with Crippen molar-refractivity contribution in [2.75, 3.05) is 62.8 Å². The summed E-state index contributed by atoms with van der Waals surface area (Å²) in [5, 5.41) is 11.0. The minimum Gasteiger partial charge on any atom is -0.385 e. The lowest BCUT2D eigenvalue weighted by molar-refractivity contribution is -0.123. The highest BCUT2D eigenvalue weighted by Gasteiger charge is 2.33. The average molecular weight is 464 g/mol. The number of ether oxygens (including phenoxy) is 1. The second-order valence-corrected chi connectivity index (χ2v) is 10.1. The zero-order valence-electron chi connectivity index (χ0n) is 20.3. The van der Waals surface area contributed by atoms with Gasteiger partial charge in [-0.05, 0) is 55.6 Å². The van der Waals surface area contributed by atoms with Gasteiger partial charge in [0.2, 0.25) is 5.91 Å². The monoisotopic (exact) mass is 463 g/mol. The van der Waals surface area contributed by atoms with Crippen LogP contribution in [0, 0.1) is 5.92 Å². The van der Waals surface area contributed by atoms with Gasteiger partial charge < -0.3 is 24.5 Å². The van der Waals surface area contributed by atoms with Crippen molar-refractivity contribution in [2.24, 2.45) is 5.92 Å². The van der Waals surface area contributed by atoms with E-state index in [0.29, 0.717) is 26.1 Å². The van der Waals surface area contributed by atoms with Crippen molar-refractivity contribution < 1.29 is 14.6 Å². The zero-order chi connectivity index (χ0) is 23.5. The van der Waals surface area contributed by atoms with E-state index in [0.717, 1.165) is 63.2 Å². The molecule has 0 aromatic heterocycles. The molecule has 3 saturated heterocycles. The molecular weight excluding hydrogens is 426 g/mol. The number of likely N-dealkylation sites (N-methyl/N-ethyl adjacent to an activating group) is 1. The number of benzene rings is 2. The van der Waals surface area contributed by atoms with Crippen LogP contribution in [0.1, 0.15) is 36.8 Å². The summed E-state index contributed by atoms with van der Waals surface area (Å²) in [6.45, 7) is 6.13. The van der Waals surface area contributed by atoms with E-state index in [-0.39, 0.29) is 11.8 Å². The Balaban J connectivity index is 1.29. The maximum absolute atomic E-state index is 13.6. The molecule has 6 heteroatoms. The second-order valence-electron chi connectivity index (χ2n) is 10.1. The summed E-state index contributed by atoms with van der Waals surface area (Å²) >= 11 is 0. The van der Waals surface area contributed by atoms with Gasteiger partial charge in [0.25, 0.3) is 0 Å². The smallest absolute Gasteiger partial charge is 0.230 e. The maximum atomic E-state index is 13.6. The van der Waals surface area contributed by atoms with Crippen LogP contribution < -0.4 is 9.80 Å². The van der Waals surface area contributed by atoms with Crippen molar-refractivity contribution in [2.45, 2.75) is 37.7 Å². The van der Waals surface area contributed by atoms with E-state index in [2.05, 4.69) is 41.1 Å². The Morgan fingerprint density at radius 3 is 2.41 bits per heavy atom. The molecule has 0 bridgehead atoms. The molecule has 1 amide bonds. The van der Waals surface area contributed by atoms with E-state index < -0.39 is 5.60 Å². The van der Waals surface area contributed by atoms with E-state index in [1.807, 2.05) is 29.2 Å². The van der Waals surface area contributed by atoms with Gasteiger partial charge in [0, 0.05) is 76.1 Å². The Morgan fingerprint density at radius 2 is 1.68 bits per heavy atom. The highest BCUT2D eigenvalue weighted by atomic mass is 16.5. The van der Waals surface area contributed by atoms with E-state index in [4.69, 9.17) is 4.74 Å². The number of piperidine rings is 1. The first-order valence-electron chi connectivity index (χ1n) is 12.8. The zero-order valence-corrected chi connectivity index (χ0v) is 20.3. The molecule has 0 aliphatic carbocycles. The molecule has 5 rings (SSSR count). The first-order chi connectivity index (χ1) is 16.5. The van der Waals surface area contributed by atoms with Crippen LogP contribution in [0.25, 0.3) is 0 Å². The van der Waals surface area contributed by atoms with Crippen LogP contribution in [0.2, 0.25) is 0 Å². The summed E-state index contributed by atoms with van der Waals surface area (Å²) in [7, 11) is 2.18. The largest absolute Gasteiger partial charge is 0.385 e. The quantitative estimate of drug-likeness (QED) is 0.736. The lowest BCUT2D eigenvalue weighted by Crippen LogP contribution is -2.45. The number of anilines is 2. The number of piperazine rings is 1. The lowest BCUT2D eigenvalue weighted by Gasteiger charge is -2.37. The van der Waals surface area contributed by atoms with Gasteiger partial charge in [0.15, 0.2) is 0 Å². The number of para-hydroxylation sites is 1. The fourth-order valence-electron chi connectivity index (χ4n) is 5.65. The molecule has 182 valence electrons. The van der Waals surface area contributed by atoms with E-state index in [1.54, 1.807) is 0 Å². The van der Waals surface area contributed by atoms with Crippen LogP contribution >= 0.6 is 0 Å². The average Bonchev–Trinajstić information content (AvgIpc) is 2.87. The normalized spacial score (nSPS) is 23.8. The molecule has 0 spiro atoms. The molecule has 1 N–H and O–H groups in total. The number of aliphatic hydroxyl groups is 1. The number of hydrogen-bond donors (Lipinski definition) is 1. The van der Waals surface area contributed by atoms with E-state index in [1.165, 1.54) is 11.3 Å². The molecule has 3 fully saturated rings. The lowest BCUT2D eigenvalue weighted by atomic mass is 9.86. The third kappa shape index (κ3) is 4.85. The van der Waals surface area contributed by atoms with Crippen molar-refractivity contribution >= 4 is 17.3 Å². The molecule has 0 unspecified atom stereocenters. The molecule has 6 nitrogen and oxygen atoms in total. The Kier molecular flexibility index (Phi) is 6.91. The van der Waals surface area contributed by atoms with Crippen LogP contribution in [0.3, 0.4) is 0 Å². The first kappa shape index (κ1) is 23.3. The fraction of sp³-hybridized carbons (Fsp3) is 0.536. The van der Waals surface area contributed by atoms with Crippen molar-refractivity contribution in [3.05, 3.63) is 59.7 Å². The maximum Gasteiger partial charge on any atom is 0.230 e. The van der Waals surface area contributed by atoms with Crippen LogP contribution in [-0.2, 0) is 21.6 Å². The number of carbonyl (C=O) groups is 1. The van der Waals surface area contributed by atoms with Crippen LogP contribution in [-0.4, -0.2) is 68.9 Å². The molecule has 3 heterocycles. The molecule has 3 aliphatic rings. The summed E-state index contributed by atoms with van der Waals surface area (Å²) in [4.78, 5) is 20.3. The fourth-order valence-corrected chi connectivity index (χ4v) is 5.65. The number of carbonyl (C=O) groups excluding carboxylic acids is 1. The van der Waals surface area contributed by atoms with Gasteiger partial charge in [-0.3, -0.25) is 4.79 Å². The molecule has 0 radical (unpaired) electrons. The number of amides is 1. The SMILES string of the molecule is CN1CCN(c2ccccc2C[C@H]2CCCN(c3ccc(C4(O)CCOCC4)cc3)C2=O)CC1. The second kappa shape index (κ2) is 10.1. The third-order valence-corrected chi connectivity index (χ3v) is 7.89. The Hall–Kier alpha value is -2.41. The molecule has 3 aliphatic heterocycles. The van der Waals surface area contributed by atoms with Crippen molar-refractivity contribution in [3.8, 4) is 0 Å². The third-order valence-electron chi connectivity index (χ3n) is 7.89. The van der Waals surface area contributed by atoms with Gasteiger partial charge in [-0.15, -0.1) is 0 Å². The number of rotatable bonds is 5. The Bertz CT molecular complexity index is 979. The van der Waals surface area contributed by atoms with Gasteiger partial charge in [-0.25, -0.2) is 0 Å². The predicted molar refractivity (Wildman–Crippen MR) is 135 cm³/mol. The molecule has 1 atom stereocenters. The van der Waals surface area contributed by atoms with Gasteiger partial charge in [0.1, 0.15) is 0 Å². The highest BCUT2D eigenvalue weighted by molar-refractivity contribution is 5.96. The summed E-state index contributed by atoms with van der Waals surface area (Å²) < 4.78 is 5.41. The standard InChI is InChI=1S/C28H37N3O3/c1-29-15-17-30(18-16-29)26-7-3-2-5-22(26)21-23-6-4-14-31(27(23)32)25-10-8-24(9-11-25)28(33)12-19-34-20-13-28/h2-3,5,7-11,23,33H,4,6,12-21H2,1H3/t23-/m1/s1. The predicted octanol–water partition coefficient (Wildman–Crippen LogP) is 3.42. The van der Waals surface area contributed by atoms with Crippen molar-refractivity contribution in [1.29, 1.82) is 0 Å². The number of hydrogen-bond acceptors (Lipinski definition) is 5. The van der Waals surface area contributed by atoms with Gasteiger partial charge >= 0.3 is 0 Å². The first-order valence-corrected chi connectivity index (χ1v) is 12.8. The highest BCUT2D eigenvalue weighted by Crippen LogP contribution is 2.35. The Labute approximate surface area is 203 Å². The summed E-state index contributed by atoms with van der Waals surface area (Å²) in [5.74, 6) is 0.221. The van der Waals surface area contributed by atoms with Crippen LogP contribution in [0.15, 0.2) is 48.5 Å². The summed E-state index contributed by atoms with van der Waals surface area (Å²) in [6, 6.07) is 16.6.